The second kappa shape index (κ2) is 4.66. The lowest BCUT2D eigenvalue weighted by Crippen LogP contribution is -2.54. The van der Waals surface area contributed by atoms with Crippen molar-refractivity contribution in [1.82, 2.24) is 0 Å². The van der Waals surface area contributed by atoms with Gasteiger partial charge < -0.3 is 14.2 Å². The van der Waals surface area contributed by atoms with E-state index in [0.717, 1.165) is 6.42 Å². The minimum Gasteiger partial charge on any atom is -0.374 e. The van der Waals surface area contributed by atoms with E-state index in [-0.39, 0.29) is 6.10 Å². The highest BCUT2D eigenvalue weighted by Gasteiger charge is 2.34. The van der Waals surface area contributed by atoms with Gasteiger partial charge >= 0.3 is 0 Å². The first-order valence-corrected chi connectivity index (χ1v) is 3.56. The summed E-state index contributed by atoms with van der Waals surface area (Å²) in [7, 11) is 4.56. The maximum absolute atomic E-state index is 5.69. The monoisotopic (exact) mass is 163 g/mol. The second-order valence-corrected chi connectivity index (χ2v) is 2.26. The van der Waals surface area contributed by atoms with Crippen molar-refractivity contribution >= 4 is 0 Å². The van der Waals surface area contributed by atoms with Gasteiger partial charge in [-0.3, -0.25) is 5.73 Å². The van der Waals surface area contributed by atoms with Gasteiger partial charge in [0.25, 0.3) is 5.91 Å². The minimum atomic E-state index is -1.12. The van der Waals surface area contributed by atoms with Crippen LogP contribution in [0.5, 0.6) is 0 Å². The Balaban J connectivity index is 4.19. The van der Waals surface area contributed by atoms with Gasteiger partial charge in [0.15, 0.2) is 0 Å². The van der Waals surface area contributed by atoms with Crippen LogP contribution in [0.1, 0.15) is 13.3 Å². The first kappa shape index (κ1) is 10.8. The number of methoxy groups -OCH3 is 3. The van der Waals surface area contributed by atoms with Crippen LogP contribution in [0.3, 0.4) is 0 Å². The molecule has 0 rings (SSSR count). The maximum Gasteiger partial charge on any atom is 0.251 e. The van der Waals surface area contributed by atoms with E-state index in [0.29, 0.717) is 0 Å². The molecule has 0 bridgehead atoms. The number of hydrogen-bond acceptors (Lipinski definition) is 4. The van der Waals surface area contributed by atoms with E-state index < -0.39 is 5.91 Å². The van der Waals surface area contributed by atoms with Crippen LogP contribution >= 0.6 is 0 Å². The molecule has 68 valence electrons. The Morgan fingerprint density at radius 2 is 1.73 bits per heavy atom. The van der Waals surface area contributed by atoms with E-state index in [9.17, 15) is 0 Å². The Labute approximate surface area is 67.6 Å². The van der Waals surface area contributed by atoms with Gasteiger partial charge in [0.05, 0.1) is 0 Å². The summed E-state index contributed by atoms with van der Waals surface area (Å²) in [5.41, 5.74) is 5.69. The normalized spacial score (nSPS) is 15.0. The van der Waals surface area contributed by atoms with Gasteiger partial charge in [-0.2, -0.15) is 0 Å². The van der Waals surface area contributed by atoms with Crippen LogP contribution in [0.4, 0.5) is 0 Å². The lowest BCUT2D eigenvalue weighted by Gasteiger charge is -2.32. The Kier molecular flexibility index (Phi) is 4.60. The molecule has 1 unspecified atom stereocenters. The van der Waals surface area contributed by atoms with Crippen LogP contribution < -0.4 is 5.73 Å². The molecule has 0 fully saturated rings. The van der Waals surface area contributed by atoms with E-state index >= 15 is 0 Å². The number of rotatable bonds is 5. The highest BCUT2D eigenvalue weighted by Crippen LogP contribution is 2.14. The molecular weight excluding hydrogens is 146 g/mol. The molecule has 11 heavy (non-hydrogen) atoms. The van der Waals surface area contributed by atoms with Crippen LogP contribution in [-0.4, -0.2) is 33.3 Å². The average molecular weight is 163 g/mol. The number of hydrogen-bond donors (Lipinski definition) is 1. The fourth-order valence-electron chi connectivity index (χ4n) is 0.962. The summed E-state index contributed by atoms with van der Waals surface area (Å²) in [4.78, 5) is 0. The molecule has 0 heterocycles. The van der Waals surface area contributed by atoms with Crippen molar-refractivity contribution in [3.05, 3.63) is 0 Å². The van der Waals surface area contributed by atoms with Crippen molar-refractivity contribution in [3.63, 3.8) is 0 Å². The third kappa shape index (κ3) is 2.41. The van der Waals surface area contributed by atoms with Gasteiger partial charge in [-0.05, 0) is 6.42 Å². The van der Waals surface area contributed by atoms with Gasteiger partial charge in [0.1, 0.15) is 6.10 Å². The van der Waals surface area contributed by atoms with Crippen LogP contribution in [-0.2, 0) is 14.2 Å². The van der Waals surface area contributed by atoms with Gasteiger partial charge in [-0.15, -0.1) is 0 Å². The third-order valence-corrected chi connectivity index (χ3v) is 1.74. The molecule has 4 nitrogen and oxygen atoms in total. The summed E-state index contributed by atoms with van der Waals surface area (Å²) in [5.74, 6) is -1.12. The fourth-order valence-corrected chi connectivity index (χ4v) is 0.962. The van der Waals surface area contributed by atoms with Gasteiger partial charge in [0, 0.05) is 21.3 Å². The predicted molar refractivity (Wildman–Crippen MR) is 42.0 cm³/mol. The molecule has 0 saturated heterocycles. The highest BCUT2D eigenvalue weighted by molar-refractivity contribution is 4.71. The first-order valence-electron chi connectivity index (χ1n) is 3.56. The lowest BCUT2D eigenvalue weighted by molar-refractivity contribution is -0.261. The largest absolute Gasteiger partial charge is 0.374 e. The molecule has 0 aromatic heterocycles. The molecule has 2 N–H and O–H groups in total. The molecule has 0 aliphatic carbocycles. The summed E-state index contributed by atoms with van der Waals surface area (Å²) in [6, 6.07) is 0. The minimum absolute atomic E-state index is 0.238. The molecule has 0 aromatic carbocycles. The topological polar surface area (TPSA) is 53.7 Å². The molecule has 0 aliphatic heterocycles. The zero-order valence-corrected chi connectivity index (χ0v) is 7.59. The van der Waals surface area contributed by atoms with Crippen molar-refractivity contribution < 1.29 is 14.2 Å². The third-order valence-electron chi connectivity index (χ3n) is 1.74. The quantitative estimate of drug-likeness (QED) is 0.593. The highest BCUT2D eigenvalue weighted by atomic mass is 16.7. The summed E-state index contributed by atoms with van der Waals surface area (Å²) in [5, 5.41) is 0. The van der Waals surface area contributed by atoms with Gasteiger partial charge in [-0.25, -0.2) is 0 Å². The molecule has 1 atom stereocenters. The zero-order chi connectivity index (χ0) is 8.91. The molecule has 4 heteroatoms. The van der Waals surface area contributed by atoms with Crippen molar-refractivity contribution in [2.75, 3.05) is 21.3 Å². The van der Waals surface area contributed by atoms with E-state index in [1.54, 1.807) is 7.11 Å². The zero-order valence-electron chi connectivity index (χ0n) is 7.59. The molecule has 0 saturated carbocycles. The number of ether oxygens (including phenoxy) is 3. The molecule has 0 aliphatic rings. The molecule has 0 spiro atoms. The SMILES string of the molecule is CCC(OC)C(N)(OC)OC. The van der Waals surface area contributed by atoms with E-state index in [2.05, 4.69) is 0 Å². The smallest absolute Gasteiger partial charge is 0.251 e. The van der Waals surface area contributed by atoms with E-state index in [1.165, 1.54) is 14.2 Å². The first-order chi connectivity index (χ1) is 5.14. The molecule has 0 radical (unpaired) electrons. The number of nitrogens with two attached hydrogens (primary N) is 1. The summed E-state index contributed by atoms with van der Waals surface area (Å²) in [6.07, 6.45) is 0.506. The molecule has 0 amide bonds. The standard InChI is InChI=1S/C7H17NO3/c1-5-6(9-2)7(8,10-3)11-4/h6H,5,8H2,1-4H3. The average Bonchev–Trinajstić information content (AvgIpc) is 2.06. The molecular formula is C7H17NO3. The molecule has 0 aromatic rings. The summed E-state index contributed by atoms with van der Waals surface area (Å²) in [6.45, 7) is 1.95. The van der Waals surface area contributed by atoms with Crippen molar-refractivity contribution in [2.45, 2.75) is 25.4 Å². The second-order valence-electron chi connectivity index (χ2n) is 2.26. The fraction of sp³-hybridized carbons (Fsp3) is 1.00. The lowest BCUT2D eigenvalue weighted by atomic mass is 10.2. The Hall–Kier alpha value is -0.160. The maximum atomic E-state index is 5.69. The summed E-state index contributed by atoms with van der Waals surface area (Å²) >= 11 is 0. The van der Waals surface area contributed by atoms with Crippen LogP contribution in [0.15, 0.2) is 0 Å². The van der Waals surface area contributed by atoms with Crippen LogP contribution in [0.25, 0.3) is 0 Å². The van der Waals surface area contributed by atoms with Gasteiger partial charge in [-0.1, -0.05) is 6.92 Å². The Bertz CT molecular complexity index is 99.9. The Morgan fingerprint density at radius 3 is 1.82 bits per heavy atom. The van der Waals surface area contributed by atoms with Crippen molar-refractivity contribution in [1.29, 1.82) is 0 Å². The summed E-state index contributed by atoms with van der Waals surface area (Å²) < 4.78 is 15.0. The van der Waals surface area contributed by atoms with Crippen molar-refractivity contribution in [3.8, 4) is 0 Å². The van der Waals surface area contributed by atoms with E-state index in [4.69, 9.17) is 19.9 Å². The Morgan fingerprint density at radius 1 is 1.27 bits per heavy atom. The van der Waals surface area contributed by atoms with E-state index in [1.807, 2.05) is 6.92 Å². The van der Waals surface area contributed by atoms with Gasteiger partial charge in [0.2, 0.25) is 0 Å². The predicted octanol–water partition coefficient (Wildman–Crippen LogP) is 0.317. The van der Waals surface area contributed by atoms with Crippen LogP contribution in [0, 0.1) is 0 Å². The van der Waals surface area contributed by atoms with Crippen LogP contribution in [0.2, 0.25) is 0 Å². The van der Waals surface area contributed by atoms with Crippen molar-refractivity contribution in [2.24, 2.45) is 5.73 Å².